The summed E-state index contributed by atoms with van der Waals surface area (Å²) in [6, 6.07) is 5.48. The monoisotopic (exact) mass is 431 g/mol. The fraction of sp³-hybridized carbons (Fsp3) is 0.350. The topological polar surface area (TPSA) is 89.8 Å². The van der Waals surface area contributed by atoms with Crippen molar-refractivity contribution < 1.29 is 8.42 Å². The molecule has 3 aromatic heterocycles. The van der Waals surface area contributed by atoms with Gasteiger partial charge in [-0.3, -0.25) is 14.7 Å². The Balaban J connectivity index is 1.54. The molecular weight excluding hydrogens is 410 g/mol. The standard InChI is InChI=1S/C20H22ClN5O2S/c1-2-3-16-8-18(6-7-22-16)26-12-15(10-24-26)20-19(21)9-17(11-23-20)25-29(27,28)13-14-4-5-14/h6-12,14,25H,2-5,13H2,1H3. The Kier molecular flexibility index (Phi) is 5.56. The Hall–Kier alpha value is -2.45. The van der Waals surface area contributed by atoms with Gasteiger partial charge in [-0.1, -0.05) is 24.9 Å². The highest BCUT2D eigenvalue weighted by Gasteiger charge is 2.28. The van der Waals surface area contributed by atoms with Crippen LogP contribution in [-0.4, -0.2) is 33.9 Å². The van der Waals surface area contributed by atoms with Gasteiger partial charge in [0.25, 0.3) is 0 Å². The minimum atomic E-state index is -3.38. The van der Waals surface area contributed by atoms with Crippen molar-refractivity contribution in [2.45, 2.75) is 32.6 Å². The van der Waals surface area contributed by atoms with E-state index in [0.717, 1.165) is 42.6 Å². The van der Waals surface area contributed by atoms with E-state index in [-0.39, 0.29) is 11.7 Å². The summed E-state index contributed by atoms with van der Waals surface area (Å²) in [5, 5.41) is 4.76. The van der Waals surface area contributed by atoms with Crippen LogP contribution in [0.1, 0.15) is 31.9 Å². The van der Waals surface area contributed by atoms with Gasteiger partial charge in [-0.15, -0.1) is 0 Å². The van der Waals surface area contributed by atoms with Gasteiger partial charge in [0.1, 0.15) is 0 Å². The highest BCUT2D eigenvalue weighted by Crippen LogP contribution is 2.32. The summed E-state index contributed by atoms with van der Waals surface area (Å²) >= 11 is 6.39. The smallest absolute Gasteiger partial charge is 0.233 e. The number of nitrogens with one attached hydrogen (secondary N) is 1. The van der Waals surface area contributed by atoms with E-state index in [4.69, 9.17) is 11.6 Å². The van der Waals surface area contributed by atoms with Gasteiger partial charge in [-0.25, -0.2) is 13.1 Å². The molecule has 0 unspecified atom stereocenters. The lowest BCUT2D eigenvalue weighted by Gasteiger charge is -2.09. The van der Waals surface area contributed by atoms with Gasteiger partial charge < -0.3 is 0 Å². The first kappa shape index (κ1) is 19.8. The van der Waals surface area contributed by atoms with E-state index in [0.29, 0.717) is 16.4 Å². The summed E-state index contributed by atoms with van der Waals surface area (Å²) < 4.78 is 28.6. The molecule has 7 nitrogen and oxygen atoms in total. The number of halogens is 1. The van der Waals surface area contributed by atoms with E-state index in [1.807, 2.05) is 18.3 Å². The Morgan fingerprint density at radius 3 is 2.79 bits per heavy atom. The fourth-order valence-corrected chi connectivity index (χ4v) is 4.89. The molecule has 0 aromatic carbocycles. The third-order valence-electron chi connectivity index (χ3n) is 4.69. The third kappa shape index (κ3) is 4.94. The molecule has 0 saturated heterocycles. The Morgan fingerprint density at radius 1 is 1.24 bits per heavy atom. The summed E-state index contributed by atoms with van der Waals surface area (Å²) in [4.78, 5) is 8.72. The molecule has 1 fully saturated rings. The maximum absolute atomic E-state index is 12.2. The first-order valence-electron chi connectivity index (χ1n) is 9.60. The van der Waals surface area contributed by atoms with Crippen LogP contribution in [0.15, 0.2) is 43.0 Å². The molecule has 1 aliphatic carbocycles. The minimum absolute atomic E-state index is 0.144. The quantitative estimate of drug-likeness (QED) is 0.580. The zero-order valence-electron chi connectivity index (χ0n) is 16.0. The van der Waals surface area contributed by atoms with Crippen LogP contribution in [0.2, 0.25) is 5.02 Å². The molecule has 29 heavy (non-hydrogen) atoms. The van der Waals surface area contributed by atoms with Crippen LogP contribution < -0.4 is 4.72 Å². The number of hydrogen-bond donors (Lipinski definition) is 1. The minimum Gasteiger partial charge on any atom is -0.282 e. The van der Waals surface area contributed by atoms with Gasteiger partial charge in [0, 0.05) is 23.7 Å². The van der Waals surface area contributed by atoms with Gasteiger partial charge in [-0.05, 0) is 43.4 Å². The predicted molar refractivity (Wildman–Crippen MR) is 114 cm³/mol. The SMILES string of the molecule is CCCc1cc(-n2cc(-c3ncc(NS(=O)(=O)CC4CC4)cc3Cl)cn2)ccn1. The third-order valence-corrected chi connectivity index (χ3v) is 6.44. The molecule has 0 aliphatic heterocycles. The second-order valence-corrected chi connectivity index (χ2v) is 9.48. The zero-order valence-corrected chi connectivity index (χ0v) is 17.6. The number of anilines is 1. The lowest BCUT2D eigenvalue weighted by Crippen LogP contribution is -2.18. The second kappa shape index (κ2) is 8.12. The van der Waals surface area contributed by atoms with Gasteiger partial charge in [0.2, 0.25) is 10.0 Å². The molecule has 0 spiro atoms. The van der Waals surface area contributed by atoms with Gasteiger partial charge in [0.05, 0.1) is 40.2 Å². The first-order valence-corrected chi connectivity index (χ1v) is 11.6. The highest BCUT2D eigenvalue weighted by molar-refractivity contribution is 7.92. The molecule has 1 N–H and O–H groups in total. The van der Waals surface area contributed by atoms with Gasteiger partial charge in [0.15, 0.2) is 0 Å². The molecule has 0 amide bonds. The predicted octanol–water partition coefficient (Wildman–Crippen LogP) is 4.09. The Bertz CT molecular complexity index is 1130. The van der Waals surface area contributed by atoms with Crippen LogP contribution in [0.5, 0.6) is 0 Å². The van der Waals surface area contributed by atoms with E-state index < -0.39 is 10.0 Å². The average Bonchev–Trinajstić information content (AvgIpc) is 3.33. The summed E-state index contributed by atoms with van der Waals surface area (Å²) in [6.45, 7) is 2.11. The summed E-state index contributed by atoms with van der Waals surface area (Å²) in [6.07, 6.45) is 10.7. The number of hydrogen-bond acceptors (Lipinski definition) is 5. The van der Waals surface area contributed by atoms with Crippen molar-refractivity contribution in [2.24, 2.45) is 5.92 Å². The van der Waals surface area contributed by atoms with Crippen LogP contribution in [0.4, 0.5) is 5.69 Å². The van der Waals surface area contributed by atoms with Crippen LogP contribution in [0.3, 0.4) is 0 Å². The number of rotatable bonds is 8. The van der Waals surface area contributed by atoms with Crippen molar-refractivity contribution in [2.75, 3.05) is 10.5 Å². The van der Waals surface area contributed by atoms with Crippen LogP contribution in [0.25, 0.3) is 16.9 Å². The van der Waals surface area contributed by atoms with Crippen LogP contribution >= 0.6 is 11.6 Å². The number of nitrogens with zero attached hydrogens (tertiary/aromatic N) is 4. The van der Waals surface area contributed by atoms with Crippen LogP contribution in [0, 0.1) is 5.92 Å². The number of aryl methyl sites for hydroxylation is 1. The normalized spacial score (nSPS) is 14.1. The van der Waals surface area contributed by atoms with Crippen molar-refractivity contribution in [3.8, 4) is 16.9 Å². The molecule has 3 heterocycles. The summed E-state index contributed by atoms with van der Waals surface area (Å²) in [7, 11) is -3.38. The molecule has 9 heteroatoms. The number of aromatic nitrogens is 4. The lowest BCUT2D eigenvalue weighted by atomic mass is 10.2. The summed E-state index contributed by atoms with van der Waals surface area (Å²) in [5.41, 5.74) is 3.59. The van der Waals surface area contributed by atoms with Gasteiger partial charge >= 0.3 is 0 Å². The van der Waals surface area contributed by atoms with E-state index in [2.05, 4.69) is 26.7 Å². The van der Waals surface area contributed by atoms with E-state index in [1.165, 1.54) is 6.20 Å². The molecular formula is C20H22ClN5O2S. The highest BCUT2D eigenvalue weighted by atomic mass is 35.5. The fourth-order valence-electron chi connectivity index (χ4n) is 3.11. The maximum Gasteiger partial charge on any atom is 0.233 e. The zero-order chi connectivity index (χ0) is 20.4. The Labute approximate surface area is 175 Å². The van der Waals surface area contributed by atoms with E-state index in [1.54, 1.807) is 23.1 Å². The van der Waals surface area contributed by atoms with Crippen molar-refractivity contribution >= 4 is 27.3 Å². The molecule has 0 atom stereocenters. The largest absolute Gasteiger partial charge is 0.282 e. The van der Waals surface area contributed by atoms with E-state index in [9.17, 15) is 8.42 Å². The molecule has 0 radical (unpaired) electrons. The second-order valence-electron chi connectivity index (χ2n) is 7.31. The molecule has 3 aromatic rings. The molecule has 152 valence electrons. The molecule has 1 aliphatic rings. The van der Waals surface area contributed by atoms with Crippen molar-refractivity contribution in [1.82, 2.24) is 19.7 Å². The Morgan fingerprint density at radius 2 is 2.07 bits per heavy atom. The molecule has 4 rings (SSSR count). The van der Waals surface area contributed by atoms with Crippen molar-refractivity contribution in [3.63, 3.8) is 0 Å². The number of sulfonamides is 1. The molecule has 0 bridgehead atoms. The summed E-state index contributed by atoms with van der Waals surface area (Å²) in [5.74, 6) is 0.414. The molecule has 1 saturated carbocycles. The number of pyridine rings is 2. The van der Waals surface area contributed by atoms with Crippen molar-refractivity contribution in [3.05, 3.63) is 53.7 Å². The van der Waals surface area contributed by atoms with Gasteiger partial charge in [-0.2, -0.15) is 5.10 Å². The van der Waals surface area contributed by atoms with E-state index >= 15 is 0 Å². The average molecular weight is 432 g/mol. The lowest BCUT2D eigenvalue weighted by molar-refractivity contribution is 0.597. The van der Waals surface area contributed by atoms with Crippen LogP contribution in [-0.2, 0) is 16.4 Å². The maximum atomic E-state index is 12.2. The van der Waals surface area contributed by atoms with Crippen molar-refractivity contribution in [1.29, 1.82) is 0 Å². The first-order chi connectivity index (χ1) is 13.9.